The Hall–Kier alpha value is -2.02. The molecule has 0 bridgehead atoms. The van der Waals surface area contributed by atoms with Gasteiger partial charge in [-0.3, -0.25) is 9.69 Å². The molecule has 1 fully saturated rings. The van der Waals surface area contributed by atoms with Gasteiger partial charge >= 0.3 is 0 Å². The fraction of sp³-hybridized carbons (Fsp3) is 0.238. The minimum atomic E-state index is -0.0312. The van der Waals surface area contributed by atoms with Crippen LogP contribution >= 0.6 is 35.6 Å². The summed E-state index contributed by atoms with van der Waals surface area (Å²) >= 11 is 12.6. The van der Waals surface area contributed by atoms with E-state index in [2.05, 4.69) is 0 Å². The summed E-state index contributed by atoms with van der Waals surface area (Å²) < 4.78 is 12.0. The molecular formula is C21H20ClNO3S2. The Kier molecular flexibility index (Phi) is 7.36. The Labute approximate surface area is 179 Å². The van der Waals surface area contributed by atoms with Crippen LogP contribution in [0.25, 0.3) is 6.08 Å². The molecule has 1 aliphatic heterocycles. The third kappa shape index (κ3) is 5.28. The van der Waals surface area contributed by atoms with Crippen molar-refractivity contribution in [2.45, 2.75) is 13.3 Å². The fourth-order valence-electron chi connectivity index (χ4n) is 2.58. The highest BCUT2D eigenvalue weighted by Crippen LogP contribution is 2.32. The predicted molar refractivity (Wildman–Crippen MR) is 119 cm³/mol. The first kappa shape index (κ1) is 20.7. The van der Waals surface area contributed by atoms with E-state index in [1.807, 2.05) is 55.5 Å². The fourth-order valence-corrected chi connectivity index (χ4v) is 4.15. The maximum Gasteiger partial charge on any atom is 0.266 e. The van der Waals surface area contributed by atoms with E-state index in [-0.39, 0.29) is 5.91 Å². The normalized spacial score (nSPS) is 15.4. The number of hydrogen-bond donors (Lipinski definition) is 0. The lowest BCUT2D eigenvalue weighted by atomic mass is 10.2. The van der Waals surface area contributed by atoms with Crippen LogP contribution in [0.15, 0.2) is 53.4 Å². The zero-order chi connectivity index (χ0) is 19.9. The molecule has 28 heavy (non-hydrogen) atoms. The Balaban J connectivity index is 1.46. The molecule has 0 aliphatic carbocycles. The second kappa shape index (κ2) is 9.96. The molecule has 3 rings (SSSR count). The van der Waals surface area contributed by atoms with Crippen LogP contribution in [0.5, 0.6) is 11.5 Å². The first-order chi connectivity index (χ1) is 13.6. The monoisotopic (exact) mass is 433 g/mol. The number of thiocarbonyl (C=S) groups is 1. The van der Waals surface area contributed by atoms with Gasteiger partial charge in [-0.05, 0) is 42.8 Å². The van der Waals surface area contributed by atoms with Gasteiger partial charge in [-0.2, -0.15) is 0 Å². The van der Waals surface area contributed by atoms with E-state index in [9.17, 15) is 4.79 Å². The average molecular weight is 434 g/mol. The third-order valence-corrected chi connectivity index (χ3v) is 5.71. The topological polar surface area (TPSA) is 38.8 Å². The molecule has 7 heteroatoms. The summed E-state index contributed by atoms with van der Waals surface area (Å²) in [5.41, 5.74) is 0.936. The van der Waals surface area contributed by atoms with E-state index in [4.69, 9.17) is 33.3 Å². The summed E-state index contributed by atoms with van der Waals surface area (Å²) in [7, 11) is 0. The molecule has 1 heterocycles. The van der Waals surface area contributed by atoms with Gasteiger partial charge in [0.1, 0.15) is 15.8 Å². The van der Waals surface area contributed by atoms with Gasteiger partial charge in [-0.25, -0.2) is 0 Å². The number of ether oxygens (including phenoxy) is 2. The largest absolute Gasteiger partial charge is 0.493 e. The Morgan fingerprint density at radius 3 is 2.50 bits per heavy atom. The van der Waals surface area contributed by atoms with Crippen LogP contribution in [-0.2, 0) is 4.79 Å². The minimum absolute atomic E-state index is 0.0312. The summed E-state index contributed by atoms with van der Waals surface area (Å²) in [6, 6.07) is 15.0. The van der Waals surface area contributed by atoms with Gasteiger partial charge in [0.15, 0.2) is 0 Å². The number of nitrogens with zero attached hydrogens (tertiary/aromatic N) is 1. The number of rotatable bonds is 8. The van der Waals surface area contributed by atoms with Crippen LogP contribution < -0.4 is 9.47 Å². The lowest BCUT2D eigenvalue weighted by Crippen LogP contribution is -2.27. The number of likely N-dealkylation sites (N-methyl/N-ethyl adjacent to an activating group) is 1. The van der Waals surface area contributed by atoms with Crippen molar-refractivity contribution in [2.24, 2.45) is 0 Å². The van der Waals surface area contributed by atoms with E-state index in [0.717, 1.165) is 17.7 Å². The maximum absolute atomic E-state index is 12.2. The summed E-state index contributed by atoms with van der Waals surface area (Å²) in [5.74, 6) is 1.43. The van der Waals surface area contributed by atoms with Crippen LogP contribution in [0.4, 0.5) is 0 Å². The third-order valence-electron chi connectivity index (χ3n) is 4.02. The molecule has 2 aromatic rings. The van der Waals surface area contributed by atoms with Crippen molar-refractivity contribution in [1.29, 1.82) is 0 Å². The van der Waals surface area contributed by atoms with Gasteiger partial charge in [0.05, 0.1) is 23.1 Å². The minimum Gasteiger partial charge on any atom is -0.493 e. The van der Waals surface area contributed by atoms with E-state index < -0.39 is 0 Å². The van der Waals surface area contributed by atoms with Crippen LogP contribution in [0.3, 0.4) is 0 Å². The van der Waals surface area contributed by atoms with Crippen LogP contribution in [-0.4, -0.2) is 34.9 Å². The Morgan fingerprint density at radius 2 is 1.82 bits per heavy atom. The SMILES string of the molecule is CCN1C(=O)/C(=C\c2ccc(OCCCOc3ccccc3Cl)cc2)SC1=S. The number of carbonyl (C=O) groups is 1. The standard InChI is InChI=1S/C21H20ClNO3S2/c1-2-23-20(24)19(28-21(23)27)14-15-8-10-16(11-9-15)25-12-5-13-26-18-7-4-3-6-17(18)22/h3-4,6-11,14H,2,5,12-13H2,1H3/b19-14+. The zero-order valence-electron chi connectivity index (χ0n) is 15.4. The van der Waals surface area contributed by atoms with E-state index in [1.165, 1.54) is 11.8 Å². The number of amides is 1. The summed E-state index contributed by atoms with van der Waals surface area (Å²) in [5, 5.41) is 0.606. The van der Waals surface area contributed by atoms with Crippen LogP contribution in [0, 0.1) is 0 Å². The molecule has 4 nitrogen and oxygen atoms in total. The average Bonchev–Trinajstić information content (AvgIpc) is 2.96. The van der Waals surface area contributed by atoms with Gasteiger partial charge in [0.2, 0.25) is 0 Å². The number of hydrogen-bond acceptors (Lipinski definition) is 5. The smallest absolute Gasteiger partial charge is 0.266 e. The lowest BCUT2D eigenvalue weighted by molar-refractivity contribution is -0.121. The number of halogens is 1. The highest BCUT2D eigenvalue weighted by atomic mass is 35.5. The van der Waals surface area contributed by atoms with Crippen molar-refractivity contribution in [1.82, 2.24) is 4.90 Å². The van der Waals surface area contributed by atoms with Crippen molar-refractivity contribution < 1.29 is 14.3 Å². The molecule has 1 aliphatic rings. The highest BCUT2D eigenvalue weighted by molar-refractivity contribution is 8.26. The summed E-state index contributed by atoms with van der Waals surface area (Å²) in [4.78, 5) is 14.5. The molecule has 2 aromatic carbocycles. The zero-order valence-corrected chi connectivity index (χ0v) is 17.8. The number of benzene rings is 2. The molecule has 0 aromatic heterocycles. The summed E-state index contributed by atoms with van der Waals surface area (Å²) in [6.45, 7) is 3.58. The first-order valence-electron chi connectivity index (χ1n) is 8.94. The van der Waals surface area contributed by atoms with Gasteiger partial charge in [-0.1, -0.05) is 59.8 Å². The van der Waals surface area contributed by atoms with Crippen molar-refractivity contribution >= 4 is 51.9 Å². The molecule has 0 radical (unpaired) electrons. The van der Waals surface area contributed by atoms with Crippen molar-refractivity contribution in [3.63, 3.8) is 0 Å². The quantitative estimate of drug-likeness (QED) is 0.316. The second-order valence-electron chi connectivity index (χ2n) is 5.98. The molecule has 0 saturated carbocycles. The molecule has 0 unspecified atom stereocenters. The van der Waals surface area contributed by atoms with Crippen molar-refractivity contribution in [2.75, 3.05) is 19.8 Å². The molecule has 1 amide bonds. The molecule has 0 atom stereocenters. The van der Waals surface area contributed by atoms with Gasteiger partial charge in [0.25, 0.3) is 5.91 Å². The summed E-state index contributed by atoms with van der Waals surface area (Å²) in [6.07, 6.45) is 2.60. The van der Waals surface area contributed by atoms with Gasteiger partial charge < -0.3 is 9.47 Å². The maximum atomic E-state index is 12.2. The number of thioether (sulfide) groups is 1. The molecule has 0 N–H and O–H groups in total. The van der Waals surface area contributed by atoms with Gasteiger partial charge in [-0.15, -0.1) is 0 Å². The van der Waals surface area contributed by atoms with Gasteiger partial charge in [0, 0.05) is 13.0 Å². The molecule has 1 saturated heterocycles. The van der Waals surface area contributed by atoms with Crippen molar-refractivity contribution in [3.8, 4) is 11.5 Å². The predicted octanol–water partition coefficient (Wildman–Crippen LogP) is 5.41. The lowest BCUT2D eigenvalue weighted by Gasteiger charge is -2.09. The van der Waals surface area contributed by atoms with Crippen LogP contribution in [0.2, 0.25) is 5.02 Å². The van der Waals surface area contributed by atoms with E-state index in [0.29, 0.717) is 39.8 Å². The highest BCUT2D eigenvalue weighted by Gasteiger charge is 2.30. The molecular weight excluding hydrogens is 414 g/mol. The van der Waals surface area contributed by atoms with Crippen LogP contribution in [0.1, 0.15) is 18.9 Å². The Morgan fingerprint density at radius 1 is 1.11 bits per heavy atom. The Bertz CT molecular complexity index is 883. The second-order valence-corrected chi connectivity index (χ2v) is 8.06. The van der Waals surface area contributed by atoms with Crippen molar-refractivity contribution in [3.05, 3.63) is 64.0 Å². The number of carbonyl (C=O) groups excluding carboxylic acids is 1. The molecule has 146 valence electrons. The first-order valence-corrected chi connectivity index (χ1v) is 10.5. The molecule has 0 spiro atoms. The van der Waals surface area contributed by atoms with E-state index >= 15 is 0 Å². The number of para-hydroxylation sites is 1. The van der Waals surface area contributed by atoms with E-state index in [1.54, 1.807) is 11.0 Å².